The summed E-state index contributed by atoms with van der Waals surface area (Å²) in [5, 5.41) is 0. The van der Waals surface area contributed by atoms with Crippen LogP contribution in [0.5, 0.6) is 5.75 Å². The Hall–Kier alpha value is -1.38. The third-order valence-corrected chi connectivity index (χ3v) is 3.80. The lowest BCUT2D eigenvalue weighted by molar-refractivity contribution is 0.414. The van der Waals surface area contributed by atoms with E-state index >= 15 is 0 Å². The number of hydrogen-bond donors (Lipinski definition) is 1. The summed E-state index contributed by atoms with van der Waals surface area (Å²) in [5.41, 5.74) is 7.84. The maximum Gasteiger partial charge on any atom is 0.143 e. The molecule has 1 atom stereocenters. The van der Waals surface area contributed by atoms with Crippen molar-refractivity contribution < 1.29 is 4.74 Å². The van der Waals surface area contributed by atoms with Crippen molar-refractivity contribution in [1.82, 2.24) is 0 Å². The van der Waals surface area contributed by atoms with Crippen LogP contribution >= 0.6 is 0 Å². The third kappa shape index (κ3) is 2.71. The second-order valence-electron chi connectivity index (χ2n) is 5.06. The topological polar surface area (TPSA) is 38.5 Å². The Balaban J connectivity index is 2.22. The van der Waals surface area contributed by atoms with Crippen molar-refractivity contribution in [2.75, 3.05) is 24.3 Å². The van der Waals surface area contributed by atoms with E-state index in [1.165, 1.54) is 37.8 Å². The quantitative estimate of drug-likeness (QED) is 0.830. The molecule has 1 heterocycles. The molecule has 0 aromatic heterocycles. The molecule has 0 amide bonds. The van der Waals surface area contributed by atoms with Gasteiger partial charge in [-0.3, -0.25) is 0 Å². The number of nitrogens with zero attached hydrogens (tertiary/aromatic N) is 1. The number of benzene rings is 1. The first-order chi connectivity index (χ1) is 8.76. The third-order valence-electron chi connectivity index (χ3n) is 3.80. The van der Waals surface area contributed by atoms with E-state index in [2.05, 4.69) is 24.0 Å². The lowest BCUT2D eigenvalue weighted by atomic mass is 9.97. The number of hydrogen-bond acceptors (Lipinski definition) is 3. The minimum absolute atomic E-state index is 0.678. The lowest BCUT2D eigenvalue weighted by Gasteiger charge is -2.37. The maximum absolute atomic E-state index is 5.88. The van der Waals surface area contributed by atoms with E-state index in [-0.39, 0.29) is 0 Å². The van der Waals surface area contributed by atoms with E-state index in [4.69, 9.17) is 10.5 Å². The van der Waals surface area contributed by atoms with Gasteiger partial charge in [-0.1, -0.05) is 13.3 Å². The van der Waals surface area contributed by atoms with Crippen molar-refractivity contribution in [3.05, 3.63) is 18.2 Å². The molecule has 1 aromatic rings. The number of rotatable bonds is 4. The van der Waals surface area contributed by atoms with Gasteiger partial charge in [-0.2, -0.15) is 0 Å². The molecule has 0 bridgehead atoms. The molecule has 1 fully saturated rings. The fourth-order valence-electron chi connectivity index (χ4n) is 2.85. The van der Waals surface area contributed by atoms with Crippen LogP contribution in [0.4, 0.5) is 11.4 Å². The van der Waals surface area contributed by atoms with Gasteiger partial charge in [0.25, 0.3) is 0 Å². The summed E-state index contributed by atoms with van der Waals surface area (Å²) in [4.78, 5) is 2.52. The highest BCUT2D eigenvalue weighted by atomic mass is 16.5. The van der Waals surface area contributed by atoms with Gasteiger partial charge < -0.3 is 15.4 Å². The van der Waals surface area contributed by atoms with Crippen LogP contribution in [0.25, 0.3) is 0 Å². The first kappa shape index (κ1) is 13.1. The summed E-state index contributed by atoms with van der Waals surface area (Å²) in [6, 6.07) is 6.82. The van der Waals surface area contributed by atoms with Crippen molar-refractivity contribution in [3.8, 4) is 5.75 Å². The second kappa shape index (κ2) is 5.98. The van der Waals surface area contributed by atoms with Gasteiger partial charge in [0.05, 0.1) is 12.8 Å². The van der Waals surface area contributed by atoms with Gasteiger partial charge >= 0.3 is 0 Å². The minimum Gasteiger partial charge on any atom is -0.495 e. The van der Waals surface area contributed by atoms with E-state index in [1.807, 2.05) is 6.07 Å². The summed E-state index contributed by atoms with van der Waals surface area (Å²) < 4.78 is 5.32. The zero-order valence-electron chi connectivity index (χ0n) is 11.5. The zero-order chi connectivity index (χ0) is 13.0. The van der Waals surface area contributed by atoms with Crippen LogP contribution in [0, 0.1) is 0 Å². The van der Waals surface area contributed by atoms with Gasteiger partial charge in [0, 0.05) is 24.3 Å². The van der Waals surface area contributed by atoms with Gasteiger partial charge in [-0.15, -0.1) is 0 Å². The Morgan fingerprint density at radius 1 is 1.39 bits per heavy atom. The molecule has 1 aromatic carbocycles. The zero-order valence-corrected chi connectivity index (χ0v) is 11.5. The standard InChI is InChI=1S/C15H24N2O/c1-3-6-12-7-4-5-10-17(12)13-8-9-14(16)15(11-13)18-2/h8-9,11-12H,3-7,10,16H2,1-2H3. The van der Waals surface area contributed by atoms with E-state index in [1.54, 1.807) is 7.11 Å². The van der Waals surface area contributed by atoms with E-state index in [0.29, 0.717) is 11.7 Å². The Bertz CT molecular complexity index is 390. The molecule has 0 spiro atoms. The molecule has 1 saturated heterocycles. The van der Waals surface area contributed by atoms with Gasteiger partial charge in [0.15, 0.2) is 0 Å². The smallest absolute Gasteiger partial charge is 0.143 e. The van der Waals surface area contributed by atoms with E-state index in [0.717, 1.165) is 12.3 Å². The summed E-state index contributed by atoms with van der Waals surface area (Å²) in [6.45, 7) is 3.41. The predicted molar refractivity (Wildman–Crippen MR) is 77.3 cm³/mol. The van der Waals surface area contributed by atoms with Gasteiger partial charge in [0.2, 0.25) is 0 Å². The number of nitrogen functional groups attached to an aromatic ring is 1. The van der Waals surface area contributed by atoms with Crippen molar-refractivity contribution in [1.29, 1.82) is 0 Å². The van der Waals surface area contributed by atoms with E-state index < -0.39 is 0 Å². The largest absolute Gasteiger partial charge is 0.495 e. The van der Waals surface area contributed by atoms with Gasteiger partial charge in [-0.05, 0) is 37.8 Å². The van der Waals surface area contributed by atoms with Crippen molar-refractivity contribution >= 4 is 11.4 Å². The lowest BCUT2D eigenvalue weighted by Crippen LogP contribution is -2.39. The molecule has 1 aliphatic rings. The summed E-state index contributed by atoms with van der Waals surface area (Å²) in [7, 11) is 1.68. The number of ether oxygens (including phenoxy) is 1. The van der Waals surface area contributed by atoms with Crippen LogP contribution in [0.3, 0.4) is 0 Å². The number of anilines is 2. The molecule has 100 valence electrons. The van der Waals surface area contributed by atoms with Gasteiger partial charge in [0.1, 0.15) is 5.75 Å². The predicted octanol–water partition coefficient (Wildman–Crippen LogP) is 3.44. The van der Waals surface area contributed by atoms with Crippen LogP contribution < -0.4 is 15.4 Å². The Kier molecular flexibility index (Phi) is 4.34. The van der Waals surface area contributed by atoms with Crippen LogP contribution in [0.15, 0.2) is 18.2 Å². The SMILES string of the molecule is CCCC1CCCCN1c1ccc(N)c(OC)c1. The number of methoxy groups -OCH3 is 1. The highest BCUT2D eigenvalue weighted by molar-refractivity contribution is 5.62. The van der Waals surface area contributed by atoms with Crippen LogP contribution in [0.1, 0.15) is 39.0 Å². The number of nitrogens with two attached hydrogens (primary N) is 1. The number of piperidine rings is 1. The average Bonchev–Trinajstić information content (AvgIpc) is 2.40. The molecule has 0 radical (unpaired) electrons. The van der Waals surface area contributed by atoms with E-state index in [9.17, 15) is 0 Å². The van der Waals surface area contributed by atoms with Crippen LogP contribution in [-0.2, 0) is 0 Å². The second-order valence-corrected chi connectivity index (χ2v) is 5.06. The van der Waals surface area contributed by atoms with Gasteiger partial charge in [-0.25, -0.2) is 0 Å². The highest BCUT2D eigenvalue weighted by Gasteiger charge is 2.22. The Labute approximate surface area is 110 Å². The normalized spacial score (nSPS) is 19.9. The fourth-order valence-corrected chi connectivity index (χ4v) is 2.85. The fraction of sp³-hybridized carbons (Fsp3) is 0.600. The van der Waals surface area contributed by atoms with Crippen LogP contribution in [0.2, 0.25) is 0 Å². The van der Waals surface area contributed by atoms with Crippen molar-refractivity contribution in [3.63, 3.8) is 0 Å². The summed E-state index contributed by atoms with van der Waals surface area (Å²) in [5.74, 6) is 0.785. The molecule has 2 N–H and O–H groups in total. The Morgan fingerprint density at radius 3 is 2.94 bits per heavy atom. The molecule has 0 saturated carbocycles. The summed E-state index contributed by atoms with van der Waals surface area (Å²) in [6.07, 6.45) is 6.46. The molecule has 1 unspecified atom stereocenters. The highest BCUT2D eigenvalue weighted by Crippen LogP contribution is 2.32. The van der Waals surface area contributed by atoms with Crippen molar-refractivity contribution in [2.45, 2.75) is 45.1 Å². The molecule has 3 nitrogen and oxygen atoms in total. The Morgan fingerprint density at radius 2 is 2.22 bits per heavy atom. The molecule has 3 heteroatoms. The molecule has 18 heavy (non-hydrogen) atoms. The molecular formula is C15H24N2O. The molecular weight excluding hydrogens is 224 g/mol. The molecule has 1 aliphatic heterocycles. The first-order valence-corrected chi connectivity index (χ1v) is 6.96. The van der Waals surface area contributed by atoms with Crippen LogP contribution in [-0.4, -0.2) is 19.7 Å². The minimum atomic E-state index is 0.678. The first-order valence-electron chi connectivity index (χ1n) is 6.96. The average molecular weight is 248 g/mol. The molecule has 0 aliphatic carbocycles. The maximum atomic E-state index is 5.88. The monoisotopic (exact) mass is 248 g/mol. The van der Waals surface area contributed by atoms with Crippen molar-refractivity contribution in [2.24, 2.45) is 0 Å². The molecule has 2 rings (SSSR count). The summed E-state index contributed by atoms with van der Waals surface area (Å²) >= 11 is 0.